The third-order valence-electron chi connectivity index (χ3n) is 4.50. The SMILES string of the molecule is C=C/C(=C\C=C/C)COC(=O)Nc1cc(C2CCCC2)nn1C(C)(C)C. The largest absolute Gasteiger partial charge is 0.444 e. The summed E-state index contributed by atoms with van der Waals surface area (Å²) in [5.41, 5.74) is 1.68. The van der Waals surface area contributed by atoms with Crippen LogP contribution >= 0.6 is 0 Å². The van der Waals surface area contributed by atoms with E-state index in [2.05, 4.69) is 32.7 Å². The summed E-state index contributed by atoms with van der Waals surface area (Å²) in [4.78, 5) is 12.3. The normalized spacial score (nSPS) is 16.2. The van der Waals surface area contributed by atoms with E-state index in [1.54, 1.807) is 6.08 Å². The second kappa shape index (κ2) is 8.88. The van der Waals surface area contributed by atoms with E-state index >= 15 is 0 Å². The summed E-state index contributed by atoms with van der Waals surface area (Å²) in [5, 5.41) is 7.63. The summed E-state index contributed by atoms with van der Waals surface area (Å²) in [6.07, 6.45) is 11.7. The van der Waals surface area contributed by atoms with Crippen molar-refractivity contribution in [2.75, 3.05) is 11.9 Å². The molecule has 1 amide bonds. The van der Waals surface area contributed by atoms with Gasteiger partial charge in [0.05, 0.1) is 11.2 Å². The molecule has 0 bridgehead atoms. The van der Waals surface area contributed by atoms with Gasteiger partial charge in [-0.2, -0.15) is 5.10 Å². The second-order valence-corrected chi connectivity index (χ2v) is 7.69. The van der Waals surface area contributed by atoms with Crippen LogP contribution in [0, 0.1) is 0 Å². The molecule has 0 unspecified atom stereocenters. The lowest BCUT2D eigenvalue weighted by Crippen LogP contribution is -2.27. The Morgan fingerprint density at radius 3 is 2.69 bits per heavy atom. The fourth-order valence-electron chi connectivity index (χ4n) is 3.11. The zero-order chi connectivity index (χ0) is 19.2. The molecule has 1 aromatic rings. The molecule has 1 N–H and O–H groups in total. The lowest BCUT2D eigenvalue weighted by molar-refractivity contribution is 0.172. The van der Waals surface area contributed by atoms with Crippen LogP contribution in [0.25, 0.3) is 0 Å². The van der Waals surface area contributed by atoms with Crippen LogP contribution in [0.15, 0.2) is 42.5 Å². The van der Waals surface area contributed by atoms with E-state index in [9.17, 15) is 4.79 Å². The Bertz CT molecular complexity index is 687. The van der Waals surface area contributed by atoms with Crippen molar-refractivity contribution in [3.8, 4) is 0 Å². The molecule has 0 radical (unpaired) electrons. The van der Waals surface area contributed by atoms with E-state index in [1.165, 1.54) is 25.7 Å². The number of hydrogen-bond acceptors (Lipinski definition) is 3. The van der Waals surface area contributed by atoms with Crippen LogP contribution in [0.3, 0.4) is 0 Å². The van der Waals surface area contributed by atoms with Gasteiger partial charge in [0.25, 0.3) is 0 Å². The van der Waals surface area contributed by atoms with Crippen LogP contribution in [0.4, 0.5) is 10.6 Å². The first-order chi connectivity index (χ1) is 12.3. The van der Waals surface area contributed by atoms with Gasteiger partial charge in [-0.05, 0) is 46.1 Å². The molecule has 5 heteroatoms. The number of nitrogens with one attached hydrogen (secondary N) is 1. The third-order valence-corrected chi connectivity index (χ3v) is 4.50. The van der Waals surface area contributed by atoms with Crippen LogP contribution in [-0.2, 0) is 10.3 Å². The standard InChI is InChI=1S/C21H31N3O2/c1-6-8-11-16(7-2)15-26-20(25)22-19-14-18(17-12-9-10-13-17)23-24(19)21(3,4)5/h6-8,11,14,17H,2,9-10,12-13,15H2,1,3-5H3,(H,22,25)/b8-6-,16-11+. The first-order valence-corrected chi connectivity index (χ1v) is 9.33. The molecule has 1 aliphatic carbocycles. The molecule has 0 saturated heterocycles. The van der Waals surface area contributed by atoms with Crippen molar-refractivity contribution in [2.45, 2.75) is 64.8 Å². The lowest BCUT2D eigenvalue weighted by atomic mass is 10.0. The van der Waals surface area contributed by atoms with Crippen molar-refractivity contribution >= 4 is 11.9 Å². The van der Waals surface area contributed by atoms with Crippen LogP contribution in [0.1, 0.15) is 65.0 Å². The molecule has 0 spiro atoms. The lowest BCUT2D eigenvalue weighted by Gasteiger charge is -2.22. The Kier molecular flexibility index (Phi) is 6.83. The van der Waals surface area contributed by atoms with Crippen molar-refractivity contribution < 1.29 is 9.53 Å². The minimum atomic E-state index is -0.485. The van der Waals surface area contributed by atoms with Gasteiger partial charge in [-0.15, -0.1) is 0 Å². The molecule has 26 heavy (non-hydrogen) atoms. The zero-order valence-corrected chi connectivity index (χ0v) is 16.4. The summed E-state index contributed by atoms with van der Waals surface area (Å²) in [6, 6.07) is 1.99. The number of amides is 1. The van der Waals surface area contributed by atoms with Gasteiger partial charge in [0, 0.05) is 12.0 Å². The van der Waals surface area contributed by atoms with Crippen LogP contribution < -0.4 is 5.32 Å². The van der Waals surface area contributed by atoms with Crippen molar-refractivity contribution in [3.63, 3.8) is 0 Å². The van der Waals surface area contributed by atoms with E-state index in [1.807, 2.05) is 35.9 Å². The van der Waals surface area contributed by atoms with Crippen LogP contribution in [0.5, 0.6) is 0 Å². The Morgan fingerprint density at radius 1 is 1.42 bits per heavy atom. The number of aromatic nitrogens is 2. The molecular weight excluding hydrogens is 326 g/mol. The molecule has 0 aliphatic heterocycles. The Labute approximate surface area is 156 Å². The van der Waals surface area contributed by atoms with E-state index in [0.29, 0.717) is 11.7 Å². The number of nitrogens with zero attached hydrogens (tertiary/aromatic N) is 2. The molecule has 1 fully saturated rings. The molecule has 1 saturated carbocycles. The Hall–Kier alpha value is -2.30. The maximum Gasteiger partial charge on any atom is 0.413 e. The van der Waals surface area contributed by atoms with E-state index in [0.717, 1.165) is 11.3 Å². The maximum absolute atomic E-state index is 12.3. The molecule has 2 rings (SSSR count). The smallest absolute Gasteiger partial charge is 0.413 e. The van der Waals surface area contributed by atoms with Crippen molar-refractivity contribution in [2.24, 2.45) is 0 Å². The highest BCUT2D eigenvalue weighted by Gasteiger charge is 2.26. The molecule has 1 aliphatic rings. The van der Waals surface area contributed by atoms with Gasteiger partial charge < -0.3 is 4.74 Å². The van der Waals surface area contributed by atoms with Gasteiger partial charge in [0.2, 0.25) is 0 Å². The number of anilines is 1. The number of allylic oxidation sites excluding steroid dienone is 3. The van der Waals surface area contributed by atoms with Gasteiger partial charge in [-0.25, -0.2) is 9.48 Å². The highest BCUT2D eigenvalue weighted by Crippen LogP contribution is 2.35. The summed E-state index contributed by atoms with van der Waals surface area (Å²) in [5.74, 6) is 1.17. The van der Waals surface area contributed by atoms with Crippen molar-refractivity contribution in [1.82, 2.24) is 9.78 Å². The van der Waals surface area contributed by atoms with E-state index in [4.69, 9.17) is 9.84 Å². The minimum absolute atomic E-state index is 0.179. The van der Waals surface area contributed by atoms with Gasteiger partial charge in [0.1, 0.15) is 12.4 Å². The van der Waals surface area contributed by atoms with Crippen molar-refractivity contribution in [1.29, 1.82) is 0 Å². The third kappa shape index (κ3) is 5.35. The first kappa shape index (κ1) is 20.0. The topological polar surface area (TPSA) is 56.1 Å². The molecule has 0 atom stereocenters. The average molecular weight is 357 g/mol. The second-order valence-electron chi connectivity index (χ2n) is 7.69. The summed E-state index contributed by atoms with van der Waals surface area (Å²) in [7, 11) is 0. The molecule has 5 nitrogen and oxygen atoms in total. The van der Waals surface area contributed by atoms with Crippen LogP contribution in [0.2, 0.25) is 0 Å². The fraction of sp³-hybridized carbons (Fsp3) is 0.524. The van der Waals surface area contributed by atoms with E-state index in [-0.39, 0.29) is 12.1 Å². The number of carbonyl (C=O) groups excluding carboxylic acids is 1. The highest BCUT2D eigenvalue weighted by molar-refractivity contribution is 5.83. The van der Waals surface area contributed by atoms with Crippen LogP contribution in [-0.4, -0.2) is 22.5 Å². The quantitative estimate of drug-likeness (QED) is 0.681. The van der Waals surface area contributed by atoms with E-state index < -0.39 is 6.09 Å². The first-order valence-electron chi connectivity index (χ1n) is 9.33. The van der Waals surface area contributed by atoms with Gasteiger partial charge >= 0.3 is 6.09 Å². The predicted octanol–water partition coefficient (Wildman–Crippen LogP) is 5.53. The zero-order valence-electron chi connectivity index (χ0n) is 16.4. The molecule has 142 valence electrons. The van der Waals surface area contributed by atoms with Gasteiger partial charge in [-0.3, -0.25) is 5.32 Å². The molecule has 0 aromatic carbocycles. The summed E-state index contributed by atoms with van der Waals surface area (Å²) >= 11 is 0. The minimum Gasteiger partial charge on any atom is -0.444 e. The Morgan fingerprint density at radius 2 is 2.12 bits per heavy atom. The molecular formula is C21H31N3O2. The predicted molar refractivity (Wildman–Crippen MR) is 106 cm³/mol. The van der Waals surface area contributed by atoms with Gasteiger partial charge in [0.15, 0.2) is 0 Å². The number of hydrogen-bond donors (Lipinski definition) is 1. The monoisotopic (exact) mass is 357 g/mol. The van der Waals surface area contributed by atoms with Gasteiger partial charge in [-0.1, -0.05) is 43.7 Å². The summed E-state index contributed by atoms with van der Waals surface area (Å²) in [6.45, 7) is 12.1. The number of ether oxygens (including phenoxy) is 1. The fourth-order valence-corrected chi connectivity index (χ4v) is 3.11. The number of rotatable bonds is 6. The highest BCUT2D eigenvalue weighted by atomic mass is 16.5. The molecule has 1 aromatic heterocycles. The Balaban J connectivity index is 2.09. The molecule has 1 heterocycles. The average Bonchev–Trinajstić information content (AvgIpc) is 3.23. The maximum atomic E-state index is 12.3. The summed E-state index contributed by atoms with van der Waals surface area (Å²) < 4.78 is 7.21. The van der Waals surface area contributed by atoms with Crippen molar-refractivity contribution in [3.05, 3.63) is 48.2 Å². The number of carbonyl (C=O) groups is 1.